The standard InChI is InChI=1S/C12H16Br2/c1-10-4-3-5-11(6-10)7-12(2,8-13)9-14/h3-6H,7-9H2,1-2H3. The van der Waals surface area contributed by atoms with Crippen LogP contribution >= 0.6 is 31.9 Å². The Balaban J connectivity index is 2.77. The minimum Gasteiger partial charge on any atom is -0.0922 e. The van der Waals surface area contributed by atoms with Crippen molar-refractivity contribution in [3.05, 3.63) is 35.4 Å². The first-order valence-electron chi connectivity index (χ1n) is 4.77. The third-order valence-corrected chi connectivity index (χ3v) is 5.07. The van der Waals surface area contributed by atoms with E-state index in [1.54, 1.807) is 0 Å². The molecule has 0 aliphatic carbocycles. The molecule has 0 unspecified atom stereocenters. The summed E-state index contributed by atoms with van der Waals surface area (Å²) in [6.45, 7) is 4.43. The summed E-state index contributed by atoms with van der Waals surface area (Å²) >= 11 is 7.16. The third kappa shape index (κ3) is 3.39. The number of aryl methyl sites for hydroxylation is 1. The van der Waals surface area contributed by atoms with E-state index in [2.05, 4.69) is 70.0 Å². The van der Waals surface area contributed by atoms with E-state index >= 15 is 0 Å². The molecule has 0 saturated carbocycles. The summed E-state index contributed by atoms with van der Waals surface area (Å²) < 4.78 is 0. The van der Waals surface area contributed by atoms with Crippen LogP contribution in [-0.2, 0) is 6.42 Å². The summed E-state index contributed by atoms with van der Waals surface area (Å²) in [5, 5.41) is 2.05. The maximum Gasteiger partial charge on any atom is 0.00965 e. The summed E-state index contributed by atoms with van der Waals surface area (Å²) in [5.74, 6) is 0. The van der Waals surface area contributed by atoms with Crippen LogP contribution in [0.1, 0.15) is 18.1 Å². The molecule has 0 heterocycles. The van der Waals surface area contributed by atoms with Crippen molar-refractivity contribution < 1.29 is 0 Å². The Kier molecular flexibility index (Phi) is 4.65. The molecular weight excluding hydrogens is 304 g/mol. The fourth-order valence-electron chi connectivity index (χ4n) is 1.45. The van der Waals surface area contributed by atoms with E-state index in [4.69, 9.17) is 0 Å². The van der Waals surface area contributed by atoms with Crippen molar-refractivity contribution in [1.82, 2.24) is 0 Å². The molecule has 0 saturated heterocycles. The molecule has 0 aromatic heterocycles. The van der Waals surface area contributed by atoms with Crippen LogP contribution in [0.2, 0.25) is 0 Å². The van der Waals surface area contributed by atoms with Gasteiger partial charge in [-0.1, -0.05) is 68.6 Å². The second-order valence-electron chi connectivity index (χ2n) is 4.24. The molecule has 0 aliphatic heterocycles. The van der Waals surface area contributed by atoms with Gasteiger partial charge in [0.05, 0.1) is 0 Å². The SMILES string of the molecule is Cc1cccc(CC(C)(CBr)CBr)c1. The Labute approximate surface area is 103 Å². The van der Waals surface area contributed by atoms with Gasteiger partial charge in [0.1, 0.15) is 0 Å². The quantitative estimate of drug-likeness (QED) is 0.724. The van der Waals surface area contributed by atoms with Crippen molar-refractivity contribution in [1.29, 1.82) is 0 Å². The number of halogens is 2. The van der Waals surface area contributed by atoms with E-state index in [1.165, 1.54) is 11.1 Å². The molecule has 0 nitrogen and oxygen atoms in total. The van der Waals surface area contributed by atoms with Crippen LogP contribution in [0.15, 0.2) is 24.3 Å². The molecule has 0 aliphatic rings. The lowest BCUT2D eigenvalue weighted by Crippen LogP contribution is -2.23. The minimum atomic E-state index is 0.313. The molecule has 0 bridgehead atoms. The van der Waals surface area contributed by atoms with E-state index in [-0.39, 0.29) is 0 Å². The Bertz CT molecular complexity index is 290. The first-order valence-corrected chi connectivity index (χ1v) is 7.01. The highest BCUT2D eigenvalue weighted by Gasteiger charge is 2.21. The minimum absolute atomic E-state index is 0.313. The fourth-order valence-corrected chi connectivity index (χ4v) is 2.77. The van der Waals surface area contributed by atoms with Crippen LogP contribution in [0.4, 0.5) is 0 Å². The van der Waals surface area contributed by atoms with Gasteiger partial charge >= 0.3 is 0 Å². The van der Waals surface area contributed by atoms with Gasteiger partial charge in [0.2, 0.25) is 0 Å². The number of hydrogen-bond donors (Lipinski definition) is 0. The Hall–Kier alpha value is 0.180. The maximum absolute atomic E-state index is 3.58. The summed E-state index contributed by atoms with van der Waals surface area (Å²) in [6, 6.07) is 8.75. The molecule has 0 spiro atoms. The van der Waals surface area contributed by atoms with Gasteiger partial charge in [-0.2, -0.15) is 0 Å². The predicted molar refractivity (Wildman–Crippen MR) is 70.6 cm³/mol. The average Bonchev–Trinajstić information content (AvgIpc) is 2.18. The first-order chi connectivity index (χ1) is 6.59. The largest absolute Gasteiger partial charge is 0.0922 e. The Morgan fingerprint density at radius 2 is 1.86 bits per heavy atom. The van der Waals surface area contributed by atoms with Gasteiger partial charge in [0.25, 0.3) is 0 Å². The van der Waals surface area contributed by atoms with Crippen LogP contribution < -0.4 is 0 Å². The molecule has 0 radical (unpaired) electrons. The molecule has 1 aromatic carbocycles. The van der Waals surface area contributed by atoms with Crippen LogP contribution in [0.3, 0.4) is 0 Å². The van der Waals surface area contributed by atoms with Crippen molar-refractivity contribution in [2.75, 3.05) is 10.7 Å². The van der Waals surface area contributed by atoms with E-state index in [9.17, 15) is 0 Å². The van der Waals surface area contributed by atoms with Crippen molar-refractivity contribution in [2.24, 2.45) is 5.41 Å². The Morgan fingerprint density at radius 1 is 1.21 bits per heavy atom. The maximum atomic E-state index is 3.58. The molecule has 78 valence electrons. The van der Waals surface area contributed by atoms with Gasteiger partial charge in [-0.3, -0.25) is 0 Å². The normalized spacial score (nSPS) is 11.7. The molecule has 1 aromatic rings. The smallest absolute Gasteiger partial charge is 0.00965 e. The summed E-state index contributed by atoms with van der Waals surface area (Å²) in [7, 11) is 0. The summed E-state index contributed by atoms with van der Waals surface area (Å²) in [4.78, 5) is 0. The van der Waals surface area contributed by atoms with Crippen LogP contribution in [0.5, 0.6) is 0 Å². The highest BCUT2D eigenvalue weighted by atomic mass is 79.9. The zero-order chi connectivity index (χ0) is 10.6. The average molecular weight is 320 g/mol. The topological polar surface area (TPSA) is 0 Å². The van der Waals surface area contributed by atoms with Gasteiger partial charge in [-0.25, -0.2) is 0 Å². The van der Waals surface area contributed by atoms with Gasteiger partial charge in [-0.15, -0.1) is 0 Å². The zero-order valence-corrected chi connectivity index (χ0v) is 11.9. The molecule has 0 N–H and O–H groups in total. The lowest BCUT2D eigenvalue weighted by Gasteiger charge is -2.24. The van der Waals surface area contributed by atoms with Crippen molar-refractivity contribution in [3.8, 4) is 0 Å². The number of alkyl halides is 2. The second-order valence-corrected chi connectivity index (χ2v) is 5.37. The van der Waals surface area contributed by atoms with Gasteiger partial charge < -0.3 is 0 Å². The summed E-state index contributed by atoms with van der Waals surface area (Å²) in [5.41, 5.74) is 3.08. The van der Waals surface area contributed by atoms with Crippen LogP contribution in [0, 0.1) is 12.3 Å². The van der Waals surface area contributed by atoms with Crippen molar-refractivity contribution >= 4 is 31.9 Å². The van der Waals surface area contributed by atoms with Crippen LogP contribution in [0.25, 0.3) is 0 Å². The van der Waals surface area contributed by atoms with Crippen molar-refractivity contribution in [3.63, 3.8) is 0 Å². The third-order valence-electron chi connectivity index (χ3n) is 2.36. The van der Waals surface area contributed by atoms with Gasteiger partial charge in [-0.05, 0) is 24.3 Å². The van der Waals surface area contributed by atoms with Crippen LogP contribution in [-0.4, -0.2) is 10.7 Å². The molecule has 0 atom stereocenters. The number of hydrogen-bond acceptors (Lipinski definition) is 0. The van der Waals surface area contributed by atoms with E-state index < -0.39 is 0 Å². The van der Waals surface area contributed by atoms with Gasteiger partial charge in [0.15, 0.2) is 0 Å². The van der Waals surface area contributed by atoms with Gasteiger partial charge in [0, 0.05) is 10.7 Å². The molecule has 0 amide bonds. The highest BCUT2D eigenvalue weighted by Crippen LogP contribution is 2.27. The lowest BCUT2D eigenvalue weighted by atomic mass is 9.87. The molecule has 2 heteroatoms. The predicted octanol–water partition coefficient (Wildman–Crippen LogP) is 4.33. The lowest BCUT2D eigenvalue weighted by molar-refractivity contribution is 0.438. The van der Waals surface area contributed by atoms with E-state index in [1.807, 2.05) is 0 Å². The summed E-state index contributed by atoms with van der Waals surface area (Å²) in [6.07, 6.45) is 1.12. The van der Waals surface area contributed by atoms with Crippen molar-refractivity contribution in [2.45, 2.75) is 20.3 Å². The highest BCUT2D eigenvalue weighted by molar-refractivity contribution is 9.09. The molecular formula is C12H16Br2. The Morgan fingerprint density at radius 3 is 2.36 bits per heavy atom. The fraction of sp³-hybridized carbons (Fsp3) is 0.500. The molecule has 0 fully saturated rings. The molecule has 14 heavy (non-hydrogen) atoms. The van der Waals surface area contributed by atoms with E-state index in [0.717, 1.165) is 17.1 Å². The number of rotatable bonds is 4. The molecule has 1 rings (SSSR count). The zero-order valence-electron chi connectivity index (χ0n) is 8.69. The number of benzene rings is 1. The monoisotopic (exact) mass is 318 g/mol. The first kappa shape index (κ1) is 12.3. The van der Waals surface area contributed by atoms with E-state index in [0.29, 0.717) is 5.41 Å². The second kappa shape index (κ2) is 5.32.